The summed E-state index contributed by atoms with van der Waals surface area (Å²) in [6.07, 6.45) is 3.62. The molecule has 0 amide bonds. The summed E-state index contributed by atoms with van der Waals surface area (Å²) in [7, 11) is 0. The molecular weight excluding hydrogens is 335 g/mol. The number of esters is 1. The SMILES string of the molecule is CC(=O)O[C@H]1CC[C@H]2[C@@H]3C(=O)CC4(O)C[C@@H](F)CC[C@]4(C)[C@H]3CC[C@]12C. The Morgan fingerprint density at radius 1 is 1.15 bits per heavy atom. The monoisotopic (exact) mass is 366 g/mol. The molecule has 4 aliphatic carbocycles. The van der Waals surface area contributed by atoms with Crippen LogP contribution in [0.15, 0.2) is 0 Å². The van der Waals surface area contributed by atoms with Crippen molar-refractivity contribution >= 4 is 11.8 Å². The van der Waals surface area contributed by atoms with Gasteiger partial charge in [-0.1, -0.05) is 13.8 Å². The van der Waals surface area contributed by atoms with Crippen molar-refractivity contribution in [2.24, 2.45) is 28.6 Å². The third-order valence-electron chi connectivity index (χ3n) is 8.75. The molecule has 5 heteroatoms. The Labute approximate surface area is 154 Å². The molecule has 0 spiro atoms. The second kappa shape index (κ2) is 5.76. The maximum absolute atomic E-state index is 14.0. The Bertz CT molecular complexity index is 636. The van der Waals surface area contributed by atoms with Crippen molar-refractivity contribution in [3.05, 3.63) is 0 Å². The molecule has 0 saturated heterocycles. The van der Waals surface area contributed by atoms with Crippen LogP contribution in [0, 0.1) is 28.6 Å². The fourth-order valence-electron chi connectivity index (χ4n) is 7.25. The Balaban J connectivity index is 1.67. The molecule has 4 rings (SSSR count). The van der Waals surface area contributed by atoms with Crippen LogP contribution in [0.3, 0.4) is 0 Å². The molecule has 146 valence electrons. The molecule has 4 fully saturated rings. The molecule has 0 aliphatic heterocycles. The zero-order valence-corrected chi connectivity index (χ0v) is 16.1. The normalized spacial score (nSPS) is 53.4. The number of fused-ring (bicyclic) bond motifs is 5. The first-order chi connectivity index (χ1) is 12.1. The minimum Gasteiger partial charge on any atom is -0.462 e. The summed E-state index contributed by atoms with van der Waals surface area (Å²) < 4.78 is 19.7. The minimum atomic E-state index is -1.20. The van der Waals surface area contributed by atoms with E-state index >= 15 is 0 Å². The van der Waals surface area contributed by atoms with Crippen molar-refractivity contribution < 1.29 is 23.8 Å². The molecule has 8 atom stereocenters. The van der Waals surface area contributed by atoms with Gasteiger partial charge in [-0.25, -0.2) is 4.39 Å². The molecule has 0 heterocycles. The maximum atomic E-state index is 14.0. The van der Waals surface area contributed by atoms with Crippen molar-refractivity contribution in [1.82, 2.24) is 0 Å². The van der Waals surface area contributed by atoms with E-state index in [1.54, 1.807) is 0 Å². The molecule has 26 heavy (non-hydrogen) atoms. The average Bonchev–Trinajstić information content (AvgIpc) is 2.85. The van der Waals surface area contributed by atoms with Crippen LogP contribution < -0.4 is 0 Å². The van der Waals surface area contributed by atoms with Gasteiger partial charge in [0.1, 0.15) is 18.1 Å². The van der Waals surface area contributed by atoms with Crippen LogP contribution >= 0.6 is 0 Å². The number of carbonyl (C=O) groups is 2. The van der Waals surface area contributed by atoms with Gasteiger partial charge >= 0.3 is 5.97 Å². The van der Waals surface area contributed by atoms with Crippen molar-refractivity contribution in [2.45, 2.75) is 90.0 Å². The number of hydrogen-bond acceptors (Lipinski definition) is 4. The number of Topliss-reactive ketones (excluding diaryl/α,β-unsaturated/α-hetero) is 1. The van der Waals surface area contributed by atoms with E-state index in [0.29, 0.717) is 12.8 Å². The van der Waals surface area contributed by atoms with Gasteiger partial charge in [0.05, 0.1) is 5.60 Å². The summed E-state index contributed by atoms with van der Waals surface area (Å²) in [5.41, 5.74) is -1.76. The summed E-state index contributed by atoms with van der Waals surface area (Å²) in [4.78, 5) is 24.7. The lowest BCUT2D eigenvalue weighted by molar-refractivity contribution is -0.212. The number of aliphatic hydroxyl groups is 1. The number of alkyl halides is 1. The molecule has 0 aromatic heterocycles. The van der Waals surface area contributed by atoms with Crippen molar-refractivity contribution in [3.63, 3.8) is 0 Å². The Kier molecular flexibility index (Phi) is 4.08. The highest BCUT2D eigenvalue weighted by molar-refractivity contribution is 5.84. The second-order valence-electron chi connectivity index (χ2n) is 9.89. The van der Waals surface area contributed by atoms with Crippen LogP contribution in [-0.4, -0.2) is 34.7 Å². The summed E-state index contributed by atoms with van der Waals surface area (Å²) in [6.45, 7) is 5.71. The number of carbonyl (C=O) groups excluding carboxylic acids is 2. The molecule has 4 aliphatic rings. The summed E-state index contributed by atoms with van der Waals surface area (Å²) in [5, 5.41) is 11.3. The first-order valence-corrected chi connectivity index (χ1v) is 10.2. The fourth-order valence-corrected chi connectivity index (χ4v) is 7.25. The van der Waals surface area contributed by atoms with Gasteiger partial charge in [0, 0.05) is 36.5 Å². The van der Waals surface area contributed by atoms with Crippen LogP contribution in [-0.2, 0) is 14.3 Å². The molecule has 1 N–H and O–H groups in total. The largest absolute Gasteiger partial charge is 0.462 e. The molecule has 1 unspecified atom stereocenters. The topological polar surface area (TPSA) is 63.6 Å². The summed E-state index contributed by atoms with van der Waals surface area (Å²) >= 11 is 0. The number of hydrogen-bond donors (Lipinski definition) is 1. The lowest BCUT2D eigenvalue weighted by Gasteiger charge is -2.62. The third-order valence-corrected chi connectivity index (χ3v) is 8.75. The van der Waals surface area contributed by atoms with E-state index in [-0.39, 0.29) is 53.9 Å². The molecule has 0 aromatic carbocycles. The molecule has 0 bridgehead atoms. The van der Waals surface area contributed by atoms with Crippen molar-refractivity contribution in [2.75, 3.05) is 0 Å². The lowest BCUT2D eigenvalue weighted by atomic mass is 9.43. The van der Waals surface area contributed by atoms with Gasteiger partial charge in [0.15, 0.2) is 0 Å². The van der Waals surface area contributed by atoms with Crippen LogP contribution in [0.4, 0.5) is 4.39 Å². The van der Waals surface area contributed by atoms with Crippen molar-refractivity contribution in [1.29, 1.82) is 0 Å². The molecule has 0 radical (unpaired) electrons. The standard InChI is InChI=1S/C21H31FO4/c1-12(23)26-17-5-4-14-18-15(7-8-19(14,17)2)20(3)9-6-13(22)10-21(20,25)11-16(18)24/h13-15,17-18,25H,4-11H2,1-3H3/t13-,14-,15-,17-,18-,19-,20+,21?/m0/s1. The molecule has 0 aromatic rings. The predicted octanol–water partition coefficient (Wildman–Crippen LogP) is 3.59. The summed E-state index contributed by atoms with van der Waals surface area (Å²) in [5.74, 6) is 0.0637. The van der Waals surface area contributed by atoms with Crippen LogP contribution in [0.5, 0.6) is 0 Å². The van der Waals surface area contributed by atoms with Crippen LogP contribution in [0.25, 0.3) is 0 Å². The van der Waals surface area contributed by atoms with E-state index in [9.17, 15) is 19.1 Å². The van der Waals surface area contributed by atoms with E-state index < -0.39 is 17.2 Å². The molecule has 4 saturated carbocycles. The van der Waals surface area contributed by atoms with E-state index in [4.69, 9.17) is 4.74 Å². The third kappa shape index (κ3) is 2.35. The maximum Gasteiger partial charge on any atom is 0.302 e. The first kappa shape index (κ1) is 18.4. The highest BCUT2D eigenvalue weighted by Crippen LogP contribution is 2.66. The van der Waals surface area contributed by atoms with Crippen LogP contribution in [0.1, 0.15) is 72.1 Å². The Morgan fingerprint density at radius 2 is 1.88 bits per heavy atom. The van der Waals surface area contributed by atoms with E-state index in [1.165, 1.54) is 6.92 Å². The number of rotatable bonds is 1. The minimum absolute atomic E-state index is 0.0793. The highest BCUT2D eigenvalue weighted by Gasteiger charge is 2.67. The number of ether oxygens (including phenoxy) is 1. The zero-order valence-electron chi connectivity index (χ0n) is 16.1. The van der Waals surface area contributed by atoms with E-state index in [0.717, 1.165) is 25.7 Å². The molecule has 4 nitrogen and oxygen atoms in total. The Morgan fingerprint density at radius 3 is 2.58 bits per heavy atom. The summed E-state index contributed by atoms with van der Waals surface area (Å²) in [6, 6.07) is 0. The fraction of sp³-hybridized carbons (Fsp3) is 0.905. The first-order valence-electron chi connectivity index (χ1n) is 10.2. The van der Waals surface area contributed by atoms with Gasteiger partial charge in [-0.3, -0.25) is 9.59 Å². The van der Waals surface area contributed by atoms with E-state index in [2.05, 4.69) is 13.8 Å². The van der Waals surface area contributed by atoms with Gasteiger partial charge < -0.3 is 9.84 Å². The number of ketones is 1. The van der Waals surface area contributed by atoms with Crippen molar-refractivity contribution in [3.8, 4) is 0 Å². The smallest absolute Gasteiger partial charge is 0.302 e. The average molecular weight is 366 g/mol. The van der Waals surface area contributed by atoms with E-state index in [1.807, 2.05) is 0 Å². The predicted molar refractivity (Wildman–Crippen MR) is 94.0 cm³/mol. The Hall–Kier alpha value is -0.970. The number of halogens is 1. The zero-order chi connectivity index (χ0) is 18.9. The van der Waals surface area contributed by atoms with Gasteiger partial charge in [0.25, 0.3) is 0 Å². The van der Waals surface area contributed by atoms with Gasteiger partial charge in [-0.2, -0.15) is 0 Å². The lowest BCUT2D eigenvalue weighted by Crippen LogP contribution is -2.65. The van der Waals surface area contributed by atoms with Gasteiger partial charge in [-0.05, 0) is 50.4 Å². The highest BCUT2D eigenvalue weighted by atomic mass is 19.1. The second-order valence-corrected chi connectivity index (χ2v) is 9.89. The van der Waals surface area contributed by atoms with Gasteiger partial charge in [-0.15, -0.1) is 0 Å². The van der Waals surface area contributed by atoms with Crippen LogP contribution in [0.2, 0.25) is 0 Å². The molecular formula is C21H31FO4. The quantitative estimate of drug-likeness (QED) is 0.720. The van der Waals surface area contributed by atoms with Gasteiger partial charge in [0.2, 0.25) is 0 Å².